The molecule has 1 saturated heterocycles. The van der Waals surface area contributed by atoms with E-state index in [9.17, 15) is 4.79 Å². The van der Waals surface area contributed by atoms with Crippen molar-refractivity contribution < 1.29 is 4.79 Å². The van der Waals surface area contributed by atoms with Crippen LogP contribution in [0.3, 0.4) is 0 Å². The van der Waals surface area contributed by atoms with E-state index in [0.717, 1.165) is 42.8 Å². The summed E-state index contributed by atoms with van der Waals surface area (Å²) in [7, 11) is 1.83. The van der Waals surface area contributed by atoms with Crippen molar-refractivity contribution in [2.75, 3.05) is 18.4 Å². The summed E-state index contributed by atoms with van der Waals surface area (Å²) < 4.78 is 1.67. The topological polar surface area (TPSA) is 87.6 Å². The molecule has 26 heavy (non-hydrogen) atoms. The third-order valence-electron chi connectivity index (χ3n) is 4.99. The molecule has 7 nitrogen and oxygen atoms in total. The number of piperidine rings is 1. The maximum absolute atomic E-state index is 12.3. The highest BCUT2D eigenvalue weighted by molar-refractivity contribution is 5.89. The van der Waals surface area contributed by atoms with Crippen molar-refractivity contribution in [1.29, 1.82) is 0 Å². The number of anilines is 1. The van der Waals surface area contributed by atoms with Crippen LogP contribution >= 0.6 is 0 Å². The van der Waals surface area contributed by atoms with Crippen LogP contribution in [0.25, 0.3) is 10.9 Å². The Morgan fingerprint density at radius 1 is 1.31 bits per heavy atom. The number of benzene rings is 1. The Morgan fingerprint density at radius 2 is 2.15 bits per heavy atom. The smallest absolute Gasteiger partial charge is 0.227 e. The zero-order chi connectivity index (χ0) is 17.9. The molecule has 0 unspecified atom stereocenters. The fourth-order valence-corrected chi connectivity index (χ4v) is 3.47. The quantitative estimate of drug-likeness (QED) is 0.658. The van der Waals surface area contributed by atoms with Crippen LogP contribution in [0.4, 0.5) is 5.95 Å². The Bertz CT molecular complexity index is 906. The van der Waals surface area contributed by atoms with E-state index in [1.165, 1.54) is 5.39 Å². The van der Waals surface area contributed by atoms with Crippen LogP contribution in [-0.2, 0) is 18.3 Å². The largest absolute Gasteiger partial charge is 0.361 e. The molecule has 0 atom stereocenters. The lowest BCUT2D eigenvalue weighted by Crippen LogP contribution is -2.27. The molecule has 0 radical (unpaired) electrons. The molecule has 0 saturated carbocycles. The summed E-state index contributed by atoms with van der Waals surface area (Å²) in [5.41, 5.74) is 2.27. The average Bonchev–Trinajstić information content (AvgIpc) is 3.27. The SMILES string of the molecule is Cn1nc(C2CCNCC2)nc1NC(=O)CCc1ccc2[nH]ccc2c1. The van der Waals surface area contributed by atoms with Crippen molar-refractivity contribution in [2.24, 2.45) is 7.05 Å². The molecule has 0 spiro atoms. The highest BCUT2D eigenvalue weighted by atomic mass is 16.1. The first-order valence-corrected chi connectivity index (χ1v) is 9.16. The maximum Gasteiger partial charge on any atom is 0.227 e. The number of hydrogen-bond acceptors (Lipinski definition) is 4. The van der Waals surface area contributed by atoms with Gasteiger partial charge in [-0.3, -0.25) is 10.1 Å². The first kappa shape index (κ1) is 16.8. The summed E-state index contributed by atoms with van der Waals surface area (Å²) in [6.07, 6.45) is 5.13. The Balaban J connectivity index is 1.36. The summed E-state index contributed by atoms with van der Waals surface area (Å²) in [5, 5.41) is 11.9. The van der Waals surface area contributed by atoms with Crippen LogP contribution in [0.2, 0.25) is 0 Å². The highest BCUT2D eigenvalue weighted by Gasteiger charge is 2.21. The number of carbonyl (C=O) groups is 1. The van der Waals surface area contributed by atoms with Gasteiger partial charge in [-0.05, 0) is 61.5 Å². The lowest BCUT2D eigenvalue weighted by Gasteiger charge is -2.19. The van der Waals surface area contributed by atoms with Gasteiger partial charge in [0.15, 0.2) is 5.82 Å². The molecule has 1 aromatic carbocycles. The number of carbonyl (C=O) groups excluding carboxylic acids is 1. The summed E-state index contributed by atoms with van der Waals surface area (Å²) in [6, 6.07) is 8.28. The van der Waals surface area contributed by atoms with Crippen LogP contribution in [0.15, 0.2) is 30.5 Å². The van der Waals surface area contributed by atoms with Crippen molar-refractivity contribution in [3.05, 3.63) is 41.9 Å². The molecule has 1 amide bonds. The first-order chi connectivity index (χ1) is 12.7. The van der Waals surface area contributed by atoms with E-state index in [1.54, 1.807) is 4.68 Å². The van der Waals surface area contributed by atoms with Crippen molar-refractivity contribution in [3.8, 4) is 0 Å². The Morgan fingerprint density at radius 3 is 3.00 bits per heavy atom. The first-order valence-electron chi connectivity index (χ1n) is 9.16. The van der Waals surface area contributed by atoms with Gasteiger partial charge in [0, 0.05) is 31.1 Å². The lowest BCUT2D eigenvalue weighted by molar-refractivity contribution is -0.116. The second-order valence-corrected chi connectivity index (χ2v) is 6.89. The van der Waals surface area contributed by atoms with E-state index in [0.29, 0.717) is 24.7 Å². The predicted octanol–water partition coefficient (Wildman–Crippen LogP) is 2.33. The zero-order valence-electron chi connectivity index (χ0n) is 15.0. The molecule has 1 aliphatic heterocycles. The summed E-state index contributed by atoms with van der Waals surface area (Å²) in [4.78, 5) is 20.1. The number of H-pyrrole nitrogens is 1. The lowest BCUT2D eigenvalue weighted by atomic mass is 9.98. The number of aromatic amines is 1. The third kappa shape index (κ3) is 3.62. The van der Waals surface area contributed by atoms with Crippen LogP contribution in [0.1, 0.15) is 36.6 Å². The van der Waals surface area contributed by atoms with Gasteiger partial charge in [0.1, 0.15) is 0 Å². The average molecular weight is 352 g/mol. The standard InChI is InChI=1S/C19H24N6O/c1-25-19(23-18(24-25)14-6-9-20-10-7-14)22-17(26)5-3-13-2-4-16-15(12-13)8-11-21-16/h2,4,8,11-12,14,20-21H,3,5-7,9-10H2,1H3,(H,22,23,24,26). The molecule has 7 heteroatoms. The van der Waals surface area contributed by atoms with Crippen LogP contribution < -0.4 is 10.6 Å². The van der Waals surface area contributed by atoms with Crippen molar-refractivity contribution in [1.82, 2.24) is 25.1 Å². The van der Waals surface area contributed by atoms with Crippen LogP contribution in [-0.4, -0.2) is 38.7 Å². The number of aryl methyl sites for hydroxylation is 2. The molecular formula is C19H24N6O. The second kappa shape index (κ2) is 7.29. The number of fused-ring (bicyclic) bond motifs is 1. The molecule has 4 rings (SSSR count). The fraction of sp³-hybridized carbons (Fsp3) is 0.421. The molecule has 0 aliphatic carbocycles. The van der Waals surface area contributed by atoms with E-state index in [-0.39, 0.29) is 5.91 Å². The predicted molar refractivity (Wildman–Crippen MR) is 101 cm³/mol. The fourth-order valence-electron chi connectivity index (χ4n) is 3.47. The van der Waals surface area contributed by atoms with Crippen molar-refractivity contribution >= 4 is 22.8 Å². The molecule has 136 valence electrons. The number of nitrogens with one attached hydrogen (secondary N) is 3. The van der Waals surface area contributed by atoms with Gasteiger partial charge in [0.05, 0.1) is 0 Å². The molecule has 3 heterocycles. The second-order valence-electron chi connectivity index (χ2n) is 6.89. The van der Waals surface area contributed by atoms with Gasteiger partial charge >= 0.3 is 0 Å². The normalized spacial score (nSPS) is 15.4. The number of nitrogens with zero attached hydrogens (tertiary/aromatic N) is 3. The van der Waals surface area contributed by atoms with Crippen LogP contribution in [0.5, 0.6) is 0 Å². The van der Waals surface area contributed by atoms with Crippen molar-refractivity contribution in [2.45, 2.75) is 31.6 Å². The molecule has 0 bridgehead atoms. The van der Waals surface area contributed by atoms with E-state index in [4.69, 9.17) is 0 Å². The van der Waals surface area contributed by atoms with E-state index >= 15 is 0 Å². The number of rotatable bonds is 5. The van der Waals surface area contributed by atoms with E-state index < -0.39 is 0 Å². The molecular weight excluding hydrogens is 328 g/mol. The van der Waals surface area contributed by atoms with Gasteiger partial charge < -0.3 is 10.3 Å². The monoisotopic (exact) mass is 352 g/mol. The van der Waals surface area contributed by atoms with Gasteiger partial charge in [0.25, 0.3) is 0 Å². The Kier molecular flexibility index (Phi) is 4.71. The van der Waals surface area contributed by atoms with Crippen molar-refractivity contribution in [3.63, 3.8) is 0 Å². The summed E-state index contributed by atoms with van der Waals surface area (Å²) in [6.45, 7) is 1.99. The van der Waals surface area contributed by atoms with Gasteiger partial charge in [-0.15, -0.1) is 0 Å². The van der Waals surface area contributed by atoms with Gasteiger partial charge in [0.2, 0.25) is 11.9 Å². The van der Waals surface area contributed by atoms with Gasteiger partial charge in [-0.25, -0.2) is 4.68 Å². The third-order valence-corrected chi connectivity index (χ3v) is 4.99. The van der Waals surface area contributed by atoms with E-state index in [2.05, 4.69) is 43.9 Å². The minimum Gasteiger partial charge on any atom is -0.361 e. The minimum absolute atomic E-state index is 0.0356. The Hall–Kier alpha value is -2.67. The molecule has 3 aromatic rings. The summed E-state index contributed by atoms with van der Waals surface area (Å²) >= 11 is 0. The van der Waals surface area contributed by atoms with Gasteiger partial charge in [-0.2, -0.15) is 10.1 Å². The molecule has 1 fully saturated rings. The Labute approximate surface area is 152 Å². The zero-order valence-corrected chi connectivity index (χ0v) is 15.0. The molecule has 2 aromatic heterocycles. The number of amides is 1. The maximum atomic E-state index is 12.3. The number of hydrogen-bond donors (Lipinski definition) is 3. The molecule has 3 N–H and O–H groups in total. The highest BCUT2D eigenvalue weighted by Crippen LogP contribution is 2.23. The minimum atomic E-state index is -0.0356. The molecule has 1 aliphatic rings. The van der Waals surface area contributed by atoms with E-state index in [1.807, 2.05) is 19.3 Å². The number of aromatic nitrogens is 4. The van der Waals surface area contributed by atoms with Crippen LogP contribution in [0, 0.1) is 0 Å². The van der Waals surface area contributed by atoms with Gasteiger partial charge in [-0.1, -0.05) is 6.07 Å². The summed E-state index contributed by atoms with van der Waals surface area (Å²) in [5.74, 6) is 1.71.